The second-order valence-corrected chi connectivity index (χ2v) is 7.73. The van der Waals surface area contributed by atoms with Crippen LogP contribution in [0.4, 0.5) is 4.39 Å². The van der Waals surface area contributed by atoms with E-state index in [1.165, 1.54) is 31.4 Å². The Morgan fingerprint density at radius 1 is 0.857 bits per heavy atom. The first-order chi connectivity index (χ1) is 13.5. The van der Waals surface area contributed by atoms with Gasteiger partial charge in [0.25, 0.3) is 0 Å². The number of hydrogen-bond donors (Lipinski definition) is 1. The van der Waals surface area contributed by atoms with Crippen molar-refractivity contribution in [3.63, 3.8) is 0 Å². The SMILES string of the molecule is COc1ccc(S(=O)(=O)Oc2cccc(C[NH2+]Cc3ccc(F)cc3)c2)cc1. The molecule has 3 aromatic rings. The van der Waals surface area contributed by atoms with Gasteiger partial charge in [0.05, 0.1) is 7.11 Å². The normalized spacial score (nSPS) is 11.2. The third-order valence-corrected chi connectivity index (χ3v) is 5.39. The first-order valence-corrected chi connectivity index (χ1v) is 10.1. The summed E-state index contributed by atoms with van der Waals surface area (Å²) in [6, 6.07) is 19.3. The van der Waals surface area contributed by atoms with Crippen molar-refractivity contribution in [1.82, 2.24) is 0 Å². The molecule has 146 valence electrons. The lowest BCUT2D eigenvalue weighted by Gasteiger charge is -2.09. The smallest absolute Gasteiger partial charge is 0.339 e. The van der Waals surface area contributed by atoms with Crippen molar-refractivity contribution in [2.45, 2.75) is 18.0 Å². The van der Waals surface area contributed by atoms with Gasteiger partial charge in [-0.15, -0.1) is 0 Å². The van der Waals surface area contributed by atoms with Crippen LogP contribution >= 0.6 is 0 Å². The predicted molar refractivity (Wildman–Crippen MR) is 103 cm³/mol. The molecular formula is C21H21FNO4S+. The Kier molecular flexibility index (Phi) is 6.28. The van der Waals surface area contributed by atoms with E-state index in [0.717, 1.165) is 11.1 Å². The van der Waals surface area contributed by atoms with Gasteiger partial charge in [0, 0.05) is 11.1 Å². The summed E-state index contributed by atoms with van der Waals surface area (Å²) in [7, 11) is -2.41. The Morgan fingerprint density at radius 2 is 1.54 bits per heavy atom. The Labute approximate surface area is 163 Å². The van der Waals surface area contributed by atoms with E-state index in [1.807, 2.05) is 11.4 Å². The summed E-state index contributed by atoms with van der Waals surface area (Å²) in [6.07, 6.45) is 0. The van der Waals surface area contributed by atoms with Crippen LogP contribution in [0, 0.1) is 5.82 Å². The number of halogens is 1. The molecule has 0 fully saturated rings. The zero-order chi connectivity index (χ0) is 20.0. The molecule has 0 spiro atoms. The van der Waals surface area contributed by atoms with E-state index < -0.39 is 10.1 Å². The number of nitrogens with two attached hydrogens (primary N) is 1. The topological polar surface area (TPSA) is 69.2 Å². The van der Waals surface area contributed by atoms with Crippen molar-refractivity contribution >= 4 is 10.1 Å². The number of ether oxygens (including phenoxy) is 1. The fourth-order valence-electron chi connectivity index (χ4n) is 2.67. The molecule has 0 aliphatic rings. The molecule has 0 aliphatic heterocycles. The molecule has 0 radical (unpaired) electrons. The van der Waals surface area contributed by atoms with E-state index in [9.17, 15) is 12.8 Å². The molecule has 7 heteroatoms. The number of methoxy groups -OCH3 is 1. The minimum atomic E-state index is -3.92. The number of quaternary nitrogens is 1. The molecule has 0 atom stereocenters. The van der Waals surface area contributed by atoms with E-state index in [1.54, 1.807) is 42.5 Å². The molecule has 0 saturated heterocycles. The van der Waals surface area contributed by atoms with Crippen molar-refractivity contribution in [1.29, 1.82) is 0 Å². The monoisotopic (exact) mass is 402 g/mol. The minimum Gasteiger partial charge on any atom is -0.497 e. The molecule has 2 N–H and O–H groups in total. The van der Waals surface area contributed by atoms with Crippen molar-refractivity contribution in [2.24, 2.45) is 0 Å². The van der Waals surface area contributed by atoms with Crippen molar-refractivity contribution in [3.05, 3.63) is 89.7 Å². The molecule has 0 bridgehead atoms. The molecule has 3 aromatic carbocycles. The highest BCUT2D eigenvalue weighted by Gasteiger charge is 2.17. The van der Waals surface area contributed by atoms with Crippen LogP contribution in [0.2, 0.25) is 0 Å². The summed E-state index contributed by atoms with van der Waals surface area (Å²) >= 11 is 0. The fraction of sp³-hybridized carbons (Fsp3) is 0.143. The molecule has 28 heavy (non-hydrogen) atoms. The molecule has 0 heterocycles. The van der Waals surface area contributed by atoms with Gasteiger partial charge >= 0.3 is 10.1 Å². The predicted octanol–water partition coefficient (Wildman–Crippen LogP) is 2.87. The molecular weight excluding hydrogens is 381 g/mol. The van der Waals surface area contributed by atoms with Crippen molar-refractivity contribution in [3.8, 4) is 11.5 Å². The zero-order valence-corrected chi connectivity index (χ0v) is 16.2. The highest BCUT2D eigenvalue weighted by Crippen LogP contribution is 2.21. The standard InChI is InChI=1S/C21H20FNO4S/c1-26-19-9-11-21(12-10-19)28(24,25)27-20-4-2-3-17(13-20)15-23-14-16-5-7-18(22)8-6-16/h2-13,23H,14-15H2,1H3/p+1. The summed E-state index contributed by atoms with van der Waals surface area (Å²) < 4.78 is 48.1. The lowest BCUT2D eigenvalue weighted by atomic mass is 10.2. The van der Waals surface area contributed by atoms with Gasteiger partial charge in [-0.2, -0.15) is 8.42 Å². The zero-order valence-electron chi connectivity index (χ0n) is 15.3. The van der Waals surface area contributed by atoms with E-state index in [-0.39, 0.29) is 16.5 Å². The first-order valence-electron chi connectivity index (χ1n) is 8.70. The van der Waals surface area contributed by atoms with Gasteiger partial charge in [0.2, 0.25) is 0 Å². The summed E-state index contributed by atoms with van der Waals surface area (Å²) in [5, 5.41) is 2.05. The Hall–Kier alpha value is -2.90. The van der Waals surface area contributed by atoms with Crippen LogP contribution in [-0.2, 0) is 23.2 Å². The van der Waals surface area contributed by atoms with Gasteiger partial charge < -0.3 is 14.2 Å². The lowest BCUT2D eigenvalue weighted by Crippen LogP contribution is -2.80. The average molecular weight is 402 g/mol. The van der Waals surface area contributed by atoms with Crippen LogP contribution in [0.1, 0.15) is 11.1 Å². The van der Waals surface area contributed by atoms with Crippen molar-refractivity contribution < 1.29 is 27.0 Å². The van der Waals surface area contributed by atoms with Gasteiger partial charge in [-0.3, -0.25) is 0 Å². The van der Waals surface area contributed by atoms with Gasteiger partial charge in [-0.05, 0) is 48.5 Å². The molecule has 5 nitrogen and oxygen atoms in total. The molecule has 0 unspecified atom stereocenters. The van der Waals surface area contributed by atoms with Crippen LogP contribution in [-0.4, -0.2) is 15.5 Å². The molecule has 3 rings (SSSR count). The lowest BCUT2D eigenvalue weighted by molar-refractivity contribution is -0.686. The summed E-state index contributed by atoms with van der Waals surface area (Å²) in [4.78, 5) is 0.0570. The summed E-state index contributed by atoms with van der Waals surface area (Å²) in [6.45, 7) is 1.33. The largest absolute Gasteiger partial charge is 0.497 e. The fourth-order valence-corrected chi connectivity index (χ4v) is 3.59. The Bertz CT molecular complexity index is 1020. The van der Waals surface area contributed by atoms with Crippen LogP contribution in [0.25, 0.3) is 0 Å². The quantitative estimate of drug-likeness (QED) is 0.589. The van der Waals surface area contributed by atoms with Crippen LogP contribution in [0.15, 0.2) is 77.7 Å². The number of hydrogen-bond acceptors (Lipinski definition) is 4. The summed E-state index contributed by atoms with van der Waals surface area (Å²) in [5.74, 6) is 0.563. The number of rotatable bonds is 8. The summed E-state index contributed by atoms with van der Waals surface area (Å²) in [5.41, 5.74) is 1.93. The minimum absolute atomic E-state index is 0.0570. The van der Waals surface area contributed by atoms with Gasteiger partial charge in [-0.25, -0.2) is 4.39 Å². The van der Waals surface area contributed by atoms with Gasteiger partial charge in [-0.1, -0.05) is 24.3 Å². The second kappa shape index (κ2) is 8.86. The maximum absolute atomic E-state index is 12.9. The Balaban J connectivity index is 1.62. The second-order valence-electron chi connectivity index (χ2n) is 6.18. The molecule has 0 aromatic heterocycles. The van der Waals surface area contributed by atoms with E-state index in [2.05, 4.69) is 0 Å². The molecule has 0 amide bonds. The van der Waals surface area contributed by atoms with Crippen LogP contribution in [0.5, 0.6) is 11.5 Å². The van der Waals surface area contributed by atoms with E-state index in [0.29, 0.717) is 18.8 Å². The highest BCUT2D eigenvalue weighted by atomic mass is 32.2. The van der Waals surface area contributed by atoms with E-state index >= 15 is 0 Å². The Morgan fingerprint density at radius 3 is 2.21 bits per heavy atom. The van der Waals surface area contributed by atoms with Gasteiger partial charge in [0.15, 0.2) is 0 Å². The molecule has 0 saturated carbocycles. The van der Waals surface area contributed by atoms with Crippen LogP contribution in [0.3, 0.4) is 0 Å². The maximum atomic E-state index is 12.9. The number of benzene rings is 3. The third kappa shape index (κ3) is 5.31. The van der Waals surface area contributed by atoms with Crippen LogP contribution < -0.4 is 14.2 Å². The third-order valence-electron chi connectivity index (χ3n) is 4.13. The average Bonchev–Trinajstić information content (AvgIpc) is 2.69. The van der Waals surface area contributed by atoms with E-state index in [4.69, 9.17) is 8.92 Å². The maximum Gasteiger partial charge on any atom is 0.339 e. The first kappa shape index (κ1) is 19.9. The van der Waals surface area contributed by atoms with Crippen molar-refractivity contribution in [2.75, 3.05) is 7.11 Å². The van der Waals surface area contributed by atoms with Gasteiger partial charge in [0.1, 0.15) is 35.3 Å². The molecule has 0 aliphatic carbocycles. The highest BCUT2D eigenvalue weighted by molar-refractivity contribution is 7.87.